The Labute approximate surface area is 105 Å². The first-order valence-corrected chi connectivity index (χ1v) is 5.21. The lowest BCUT2D eigenvalue weighted by Crippen LogP contribution is -2.27. The van der Waals surface area contributed by atoms with Gasteiger partial charge in [-0.1, -0.05) is 12.7 Å². The highest BCUT2D eigenvalue weighted by Gasteiger charge is 2.11. The van der Waals surface area contributed by atoms with E-state index < -0.39 is 12.1 Å². The Bertz CT molecular complexity index is 442. The highest BCUT2D eigenvalue weighted by Crippen LogP contribution is 2.04. The molecule has 1 N–H and O–H groups in total. The van der Waals surface area contributed by atoms with Crippen molar-refractivity contribution < 1.29 is 19.4 Å². The molecule has 6 nitrogen and oxygen atoms in total. The molecule has 0 saturated heterocycles. The van der Waals surface area contributed by atoms with Crippen LogP contribution in [0.25, 0.3) is 0 Å². The SMILES string of the molecule is C=CCOC(=O)N(C)Cc1ccc(C(=O)O)cn1. The molecular weight excluding hydrogens is 236 g/mol. The Hall–Kier alpha value is -2.37. The van der Waals surface area contributed by atoms with Crippen molar-refractivity contribution >= 4 is 12.1 Å². The maximum absolute atomic E-state index is 11.4. The summed E-state index contributed by atoms with van der Waals surface area (Å²) in [5, 5.41) is 8.71. The van der Waals surface area contributed by atoms with Crippen molar-refractivity contribution in [2.24, 2.45) is 0 Å². The molecule has 0 unspecified atom stereocenters. The molecule has 6 heteroatoms. The first-order chi connectivity index (χ1) is 8.54. The van der Waals surface area contributed by atoms with Gasteiger partial charge < -0.3 is 14.7 Å². The first-order valence-electron chi connectivity index (χ1n) is 5.21. The molecular formula is C12H14N2O4. The zero-order chi connectivity index (χ0) is 13.5. The van der Waals surface area contributed by atoms with E-state index in [-0.39, 0.29) is 18.7 Å². The zero-order valence-electron chi connectivity index (χ0n) is 10.00. The van der Waals surface area contributed by atoms with E-state index in [1.807, 2.05) is 0 Å². The van der Waals surface area contributed by atoms with Crippen LogP contribution in [0, 0.1) is 0 Å². The van der Waals surface area contributed by atoms with Crippen molar-refractivity contribution in [1.82, 2.24) is 9.88 Å². The second-order valence-corrected chi connectivity index (χ2v) is 3.57. The van der Waals surface area contributed by atoms with Gasteiger partial charge in [-0.3, -0.25) is 4.98 Å². The van der Waals surface area contributed by atoms with Crippen molar-refractivity contribution in [3.8, 4) is 0 Å². The summed E-state index contributed by atoms with van der Waals surface area (Å²) < 4.78 is 4.83. The molecule has 1 heterocycles. The molecule has 0 aromatic carbocycles. The number of carbonyl (C=O) groups excluding carboxylic acids is 1. The fraction of sp³-hybridized carbons (Fsp3) is 0.250. The van der Waals surface area contributed by atoms with E-state index in [1.165, 1.54) is 23.2 Å². The molecule has 0 radical (unpaired) electrons. The van der Waals surface area contributed by atoms with E-state index in [4.69, 9.17) is 9.84 Å². The maximum Gasteiger partial charge on any atom is 0.410 e. The van der Waals surface area contributed by atoms with Crippen LogP contribution in [0.1, 0.15) is 16.1 Å². The van der Waals surface area contributed by atoms with Crippen LogP contribution in [-0.4, -0.2) is 40.7 Å². The number of amides is 1. The molecule has 1 aromatic rings. The summed E-state index contributed by atoms with van der Waals surface area (Å²) in [7, 11) is 1.57. The van der Waals surface area contributed by atoms with Gasteiger partial charge >= 0.3 is 12.1 Å². The third-order valence-electron chi connectivity index (χ3n) is 2.11. The third-order valence-corrected chi connectivity index (χ3v) is 2.11. The predicted octanol–water partition coefficient (Wildman–Crippen LogP) is 1.53. The van der Waals surface area contributed by atoms with Crippen LogP contribution in [0.15, 0.2) is 31.0 Å². The van der Waals surface area contributed by atoms with E-state index in [1.54, 1.807) is 13.1 Å². The quantitative estimate of drug-likeness (QED) is 0.802. The normalized spacial score (nSPS) is 9.61. The lowest BCUT2D eigenvalue weighted by molar-refractivity contribution is 0.0696. The fourth-order valence-electron chi connectivity index (χ4n) is 1.19. The Morgan fingerprint density at radius 2 is 2.28 bits per heavy atom. The van der Waals surface area contributed by atoms with Crippen LogP contribution in [0.4, 0.5) is 4.79 Å². The number of carbonyl (C=O) groups is 2. The van der Waals surface area contributed by atoms with Crippen LogP contribution in [0.2, 0.25) is 0 Å². The Morgan fingerprint density at radius 3 is 2.78 bits per heavy atom. The van der Waals surface area contributed by atoms with Gasteiger partial charge in [0, 0.05) is 13.2 Å². The summed E-state index contributed by atoms with van der Waals surface area (Å²) in [6.45, 7) is 3.83. The number of hydrogen-bond acceptors (Lipinski definition) is 4. The van der Waals surface area contributed by atoms with Gasteiger partial charge in [-0.15, -0.1) is 0 Å². The fourth-order valence-corrected chi connectivity index (χ4v) is 1.19. The van der Waals surface area contributed by atoms with E-state index in [9.17, 15) is 9.59 Å². The monoisotopic (exact) mass is 250 g/mol. The molecule has 0 fully saturated rings. The van der Waals surface area contributed by atoms with E-state index in [0.717, 1.165) is 0 Å². The van der Waals surface area contributed by atoms with Gasteiger partial charge in [0.25, 0.3) is 0 Å². The van der Waals surface area contributed by atoms with Crippen LogP contribution >= 0.6 is 0 Å². The van der Waals surface area contributed by atoms with Gasteiger partial charge in [0.05, 0.1) is 17.8 Å². The first kappa shape index (κ1) is 13.7. The van der Waals surface area contributed by atoms with Gasteiger partial charge in [-0.25, -0.2) is 9.59 Å². The largest absolute Gasteiger partial charge is 0.478 e. The number of carboxylic acid groups (broad SMARTS) is 1. The predicted molar refractivity (Wildman–Crippen MR) is 64.2 cm³/mol. The standard InChI is InChI=1S/C12H14N2O4/c1-3-6-18-12(17)14(2)8-10-5-4-9(7-13-10)11(15)16/h3-5,7H,1,6,8H2,2H3,(H,15,16). The van der Waals surface area contributed by atoms with Crippen LogP contribution in [0.3, 0.4) is 0 Å². The second-order valence-electron chi connectivity index (χ2n) is 3.57. The molecule has 0 aliphatic rings. The van der Waals surface area contributed by atoms with Crippen LogP contribution in [0.5, 0.6) is 0 Å². The molecule has 0 aliphatic carbocycles. The minimum absolute atomic E-state index is 0.107. The lowest BCUT2D eigenvalue weighted by atomic mass is 10.2. The Balaban J connectivity index is 2.58. The van der Waals surface area contributed by atoms with E-state index in [2.05, 4.69) is 11.6 Å². The summed E-state index contributed by atoms with van der Waals surface area (Å²) in [5.41, 5.74) is 0.689. The van der Waals surface area contributed by atoms with E-state index >= 15 is 0 Å². The summed E-state index contributed by atoms with van der Waals surface area (Å²) in [5.74, 6) is -1.03. The molecule has 0 saturated carbocycles. The molecule has 96 valence electrons. The van der Waals surface area contributed by atoms with Gasteiger partial charge in [0.2, 0.25) is 0 Å². The molecule has 1 amide bonds. The van der Waals surface area contributed by atoms with Gasteiger partial charge in [0.1, 0.15) is 6.61 Å². The summed E-state index contributed by atoms with van der Waals surface area (Å²) in [6.07, 6.45) is 2.24. The molecule has 0 atom stereocenters. The van der Waals surface area contributed by atoms with Crippen LogP contribution < -0.4 is 0 Å². The summed E-state index contributed by atoms with van der Waals surface area (Å²) in [4.78, 5) is 27.3. The lowest BCUT2D eigenvalue weighted by Gasteiger charge is -2.15. The number of aromatic nitrogens is 1. The van der Waals surface area contributed by atoms with Gasteiger partial charge in [-0.05, 0) is 12.1 Å². The molecule has 1 rings (SSSR count). The Morgan fingerprint density at radius 1 is 1.56 bits per heavy atom. The summed E-state index contributed by atoms with van der Waals surface area (Å²) in [6, 6.07) is 2.99. The highest BCUT2D eigenvalue weighted by atomic mass is 16.6. The number of carboxylic acids is 1. The third kappa shape index (κ3) is 3.89. The number of pyridine rings is 1. The number of ether oxygens (including phenoxy) is 1. The maximum atomic E-state index is 11.4. The average Bonchev–Trinajstić information content (AvgIpc) is 2.36. The number of rotatable bonds is 5. The zero-order valence-corrected chi connectivity index (χ0v) is 10.00. The van der Waals surface area contributed by atoms with Crippen molar-refractivity contribution in [3.05, 3.63) is 42.2 Å². The molecule has 0 spiro atoms. The van der Waals surface area contributed by atoms with Crippen molar-refractivity contribution in [2.75, 3.05) is 13.7 Å². The number of aromatic carboxylic acids is 1. The number of hydrogen-bond donors (Lipinski definition) is 1. The van der Waals surface area contributed by atoms with Crippen molar-refractivity contribution in [1.29, 1.82) is 0 Å². The summed E-state index contributed by atoms with van der Waals surface area (Å²) >= 11 is 0. The second kappa shape index (κ2) is 6.39. The van der Waals surface area contributed by atoms with E-state index in [0.29, 0.717) is 5.69 Å². The average molecular weight is 250 g/mol. The molecule has 0 aliphatic heterocycles. The van der Waals surface area contributed by atoms with Gasteiger partial charge in [-0.2, -0.15) is 0 Å². The van der Waals surface area contributed by atoms with Crippen LogP contribution in [-0.2, 0) is 11.3 Å². The van der Waals surface area contributed by atoms with Crippen molar-refractivity contribution in [2.45, 2.75) is 6.54 Å². The minimum Gasteiger partial charge on any atom is -0.478 e. The van der Waals surface area contributed by atoms with Gasteiger partial charge in [0.15, 0.2) is 0 Å². The molecule has 1 aromatic heterocycles. The van der Waals surface area contributed by atoms with Crippen molar-refractivity contribution in [3.63, 3.8) is 0 Å². The topological polar surface area (TPSA) is 79.7 Å². The molecule has 0 bridgehead atoms. The highest BCUT2D eigenvalue weighted by molar-refractivity contribution is 5.87. The number of nitrogens with zero attached hydrogens (tertiary/aromatic N) is 2. The Kier molecular flexibility index (Phi) is 4.86. The minimum atomic E-state index is -1.03. The smallest absolute Gasteiger partial charge is 0.410 e. The molecule has 18 heavy (non-hydrogen) atoms.